The van der Waals surface area contributed by atoms with E-state index < -0.39 is 30.5 Å². The van der Waals surface area contributed by atoms with E-state index in [-0.39, 0.29) is 25.2 Å². The molecule has 1 saturated heterocycles. The third kappa shape index (κ3) is 9.84. The van der Waals surface area contributed by atoms with Gasteiger partial charge in [0.05, 0.1) is 12.1 Å². The summed E-state index contributed by atoms with van der Waals surface area (Å²) in [5, 5.41) is 13.9. The van der Waals surface area contributed by atoms with Crippen LogP contribution >= 0.6 is 0 Å². The second-order valence-corrected chi connectivity index (χ2v) is 9.77. The van der Waals surface area contributed by atoms with Crippen LogP contribution in [0, 0.1) is 5.92 Å². The number of ether oxygens (including phenoxy) is 4. The number of hydrogen-bond donors (Lipinski definition) is 1. The summed E-state index contributed by atoms with van der Waals surface area (Å²) in [6, 6.07) is 18.5. The van der Waals surface area contributed by atoms with E-state index in [9.17, 15) is 14.7 Å². The maximum absolute atomic E-state index is 12.9. The average Bonchev–Trinajstić information content (AvgIpc) is 2.96. The van der Waals surface area contributed by atoms with Crippen molar-refractivity contribution in [2.24, 2.45) is 11.0 Å². The number of nitrogens with zero attached hydrogens (tertiary/aromatic N) is 4. The maximum Gasteiger partial charge on any atom is 0.410 e. The average molecular weight is 555 g/mol. The van der Waals surface area contributed by atoms with E-state index in [1.807, 2.05) is 60.7 Å². The highest BCUT2D eigenvalue weighted by Crippen LogP contribution is 2.30. The third-order valence-electron chi connectivity index (χ3n) is 6.73. The molecule has 0 aliphatic carbocycles. The van der Waals surface area contributed by atoms with Crippen LogP contribution < -0.4 is 0 Å². The summed E-state index contributed by atoms with van der Waals surface area (Å²) in [4.78, 5) is 28.7. The molecule has 1 aliphatic rings. The highest BCUT2D eigenvalue weighted by atomic mass is 16.6. The van der Waals surface area contributed by atoms with Gasteiger partial charge in [0.15, 0.2) is 6.29 Å². The molecule has 0 aromatic heterocycles. The van der Waals surface area contributed by atoms with Gasteiger partial charge in [0.1, 0.15) is 19.3 Å². The third-order valence-corrected chi connectivity index (χ3v) is 6.73. The molecule has 1 fully saturated rings. The van der Waals surface area contributed by atoms with Gasteiger partial charge < -0.3 is 29.0 Å². The number of aliphatic hydroxyl groups excluding tert-OH is 1. The lowest BCUT2D eigenvalue weighted by atomic mass is 9.89. The SMILES string of the molecule is CC(=O)OCC1OC(O)C(N=[N+]=[N-])[C@@H](C)[C@@H]1OCCCCCN(Cc1ccccc1)C(=O)OCc1ccccc1. The van der Waals surface area contributed by atoms with E-state index in [1.165, 1.54) is 6.92 Å². The highest BCUT2D eigenvalue weighted by Gasteiger charge is 2.43. The summed E-state index contributed by atoms with van der Waals surface area (Å²) >= 11 is 0. The molecule has 0 spiro atoms. The zero-order valence-electron chi connectivity index (χ0n) is 23.0. The van der Waals surface area contributed by atoms with Crippen LogP contribution in [-0.4, -0.2) is 66.4 Å². The van der Waals surface area contributed by atoms with Crippen molar-refractivity contribution < 1.29 is 33.6 Å². The van der Waals surface area contributed by atoms with Gasteiger partial charge in [-0.15, -0.1) is 0 Å². The van der Waals surface area contributed by atoms with Gasteiger partial charge in [-0.05, 0) is 41.8 Å². The number of benzene rings is 2. The van der Waals surface area contributed by atoms with Gasteiger partial charge in [0, 0.05) is 31.5 Å². The Hall–Kier alpha value is -3.63. The van der Waals surface area contributed by atoms with E-state index in [4.69, 9.17) is 24.5 Å². The fourth-order valence-corrected chi connectivity index (χ4v) is 4.59. The summed E-state index contributed by atoms with van der Waals surface area (Å²) in [5.74, 6) is -0.829. The molecule has 216 valence electrons. The summed E-state index contributed by atoms with van der Waals surface area (Å²) < 4.78 is 22.3. The summed E-state index contributed by atoms with van der Waals surface area (Å²) in [6.45, 7) is 4.57. The molecule has 1 aliphatic heterocycles. The van der Waals surface area contributed by atoms with Crippen LogP contribution in [0.1, 0.15) is 44.2 Å². The van der Waals surface area contributed by atoms with Gasteiger partial charge in [-0.2, -0.15) is 0 Å². The van der Waals surface area contributed by atoms with Crippen molar-refractivity contribution in [3.8, 4) is 0 Å². The van der Waals surface area contributed by atoms with E-state index >= 15 is 0 Å². The Labute approximate surface area is 234 Å². The van der Waals surface area contributed by atoms with Crippen LogP contribution in [0.4, 0.5) is 4.79 Å². The summed E-state index contributed by atoms with van der Waals surface area (Å²) in [7, 11) is 0. The molecule has 1 amide bonds. The minimum Gasteiger partial charge on any atom is -0.463 e. The van der Waals surface area contributed by atoms with Crippen LogP contribution in [0.25, 0.3) is 10.4 Å². The van der Waals surface area contributed by atoms with Crippen molar-refractivity contribution in [3.63, 3.8) is 0 Å². The zero-order valence-corrected chi connectivity index (χ0v) is 23.0. The normalized spacial score (nSPS) is 22.1. The molecule has 0 radical (unpaired) electrons. The van der Waals surface area contributed by atoms with Crippen LogP contribution in [-0.2, 0) is 36.9 Å². The first kappa shape index (κ1) is 30.9. The molecule has 5 atom stereocenters. The number of azide groups is 1. The van der Waals surface area contributed by atoms with Crippen molar-refractivity contribution in [1.82, 2.24) is 4.90 Å². The van der Waals surface area contributed by atoms with Crippen LogP contribution in [0.15, 0.2) is 65.8 Å². The molecule has 1 N–H and O–H groups in total. The van der Waals surface area contributed by atoms with E-state index in [1.54, 1.807) is 11.8 Å². The Kier molecular flexibility index (Phi) is 12.7. The molecular formula is C29H38N4O7. The standard InChI is InChI=1S/C29H38N4O7/c1-21-26(31-32-30)28(35)40-25(20-38-22(2)34)27(21)37-17-11-5-10-16-33(18-23-12-6-3-7-13-23)29(36)39-19-24-14-8-4-9-15-24/h3-4,6-9,12-15,21,25-28,35H,5,10-11,16-20H2,1-2H3/t21-,25?,26?,27+,28?/m1/s1. The Morgan fingerprint density at radius 2 is 1.70 bits per heavy atom. The van der Waals surface area contributed by atoms with Crippen molar-refractivity contribution in [1.29, 1.82) is 0 Å². The lowest BCUT2D eigenvalue weighted by Gasteiger charge is -2.41. The van der Waals surface area contributed by atoms with Crippen molar-refractivity contribution in [3.05, 3.63) is 82.2 Å². The largest absolute Gasteiger partial charge is 0.463 e. The summed E-state index contributed by atoms with van der Waals surface area (Å²) in [6.07, 6.45) is -0.686. The molecule has 0 saturated carbocycles. The van der Waals surface area contributed by atoms with Gasteiger partial charge in [-0.1, -0.05) is 72.7 Å². The Morgan fingerprint density at radius 3 is 2.35 bits per heavy atom. The molecule has 2 aromatic carbocycles. The fraction of sp³-hybridized carbons (Fsp3) is 0.517. The fourth-order valence-electron chi connectivity index (χ4n) is 4.59. The number of esters is 1. The summed E-state index contributed by atoms with van der Waals surface area (Å²) in [5.41, 5.74) is 10.8. The first-order chi connectivity index (χ1) is 19.4. The number of hydrogen-bond acceptors (Lipinski definition) is 8. The van der Waals surface area contributed by atoms with E-state index in [2.05, 4.69) is 10.0 Å². The number of carbonyl (C=O) groups excluding carboxylic acids is 2. The second-order valence-electron chi connectivity index (χ2n) is 9.77. The molecule has 3 unspecified atom stereocenters. The first-order valence-electron chi connectivity index (χ1n) is 13.5. The highest BCUT2D eigenvalue weighted by molar-refractivity contribution is 5.67. The maximum atomic E-state index is 12.9. The van der Waals surface area contributed by atoms with Crippen molar-refractivity contribution in [2.45, 2.75) is 70.8 Å². The monoisotopic (exact) mass is 554 g/mol. The quantitative estimate of drug-likeness (QED) is 0.114. The minimum absolute atomic E-state index is 0.0794. The van der Waals surface area contributed by atoms with Gasteiger partial charge in [-0.3, -0.25) is 4.79 Å². The molecular weight excluding hydrogens is 516 g/mol. The van der Waals surface area contributed by atoms with E-state index in [0.717, 1.165) is 24.0 Å². The smallest absolute Gasteiger partial charge is 0.410 e. The predicted molar refractivity (Wildman–Crippen MR) is 147 cm³/mol. The molecule has 11 heteroatoms. The van der Waals surface area contributed by atoms with Gasteiger partial charge >= 0.3 is 12.1 Å². The lowest BCUT2D eigenvalue weighted by Crippen LogP contribution is -2.55. The van der Waals surface area contributed by atoms with Gasteiger partial charge in [-0.25, -0.2) is 4.79 Å². The zero-order chi connectivity index (χ0) is 28.7. The molecule has 2 aromatic rings. The Balaban J connectivity index is 1.50. The number of unbranched alkanes of at least 4 members (excludes halogenated alkanes) is 2. The van der Waals surface area contributed by atoms with E-state index in [0.29, 0.717) is 26.1 Å². The Morgan fingerprint density at radius 1 is 1.02 bits per heavy atom. The molecule has 40 heavy (non-hydrogen) atoms. The minimum atomic E-state index is -1.32. The van der Waals surface area contributed by atoms with Crippen LogP contribution in [0.5, 0.6) is 0 Å². The van der Waals surface area contributed by atoms with Crippen molar-refractivity contribution >= 4 is 12.1 Å². The van der Waals surface area contributed by atoms with Gasteiger partial charge in [0.25, 0.3) is 0 Å². The topological polar surface area (TPSA) is 143 Å². The van der Waals surface area contributed by atoms with Gasteiger partial charge in [0.2, 0.25) is 0 Å². The first-order valence-corrected chi connectivity index (χ1v) is 13.5. The number of aliphatic hydroxyl groups is 1. The molecule has 1 heterocycles. The molecule has 3 rings (SSSR count). The molecule has 0 bridgehead atoms. The van der Waals surface area contributed by atoms with Crippen LogP contribution in [0.2, 0.25) is 0 Å². The lowest BCUT2D eigenvalue weighted by molar-refractivity contribution is -0.245. The number of rotatable bonds is 14. The molecule has 11 nitrogen and oxygen atoms in total. The predicted octanol–water partition coefficient (Wildman–Crippen LogP) is 4.98. The second kappa shape index (κ2) is 16.5. The number of carbonyl (C=O) groups is 2. The van der Waals surface area contributed by atoms with Crippen molar-refractivity contribution in [2.75, 3.05) is 19.8 Å². The number of amides is 1. The van der Waals surface area contributed by atoms with Crippen LogP contribution in [0.3, 0.4) is 0 Å². The Bertz CT molecular complexity index is 1100.